The number of benzene rings is 1. The first kappa shape index (κ1) is 14.8. The number of fused-ring (bicyclic) bond motifs is 1. The van der Waals surface area contributed by atoms with E-state index in [1.54, 1.807) is 11.0 Å². The summed E-state index contributed by atoms with van der Waals surface area (Å²) in [5.74, 6) is 0.570. The van der Waals surface area contributed by atoms with E-state index in [4.69, 9.17) is 9.47 Å². The van der Waals surface area contributed by atoms with Crippen LogP contribution in [0.2, 0.25) is 0 Å². The smallest absolute Gasteiger partial charge is 0.411 e. The number of amides is 1. The van der Waals surface area contributed by atoms with Crippen molar-refractivity contribution in [1.29, 1.82) is 0 Å². The fourth-order valence-electron chi connectivity index (χ4n) is 4.77. The van der Waals surface area contributed by atoms with Crippen LogP contribution in [0.25, 0.3) is 0 Å². The van der Waals surface area contributed by atoms with Crippen molar-refractivity contribution in [3.05, 3.63) is 29.3 Å². The molecule has 124 valence electrons. The summed E-state index contributed by atoms with van der Waals surface area (Å²) in [6, 6.07) is 5.69. The first-order valence-corrected chi connectivity index (χ1v) is 8.55. The van der Waals surface area contributed by atoms with Gasteiger partial charge in [0.1, 0.15) is 18.1 Å². The van der Waals surface area contributed by atoms with Gasteiger partial charge in [-0.2, -0.15) is 0 Å². The van der Waals surface area contributed by atoms with Crippen molar-refractivity contribution in [2.45, 2.75) is 50.7 Å². The predicted octanol–water partition coefficient (Wildman–Crippen LogP) is 3.15. The number of phenolic OH excluding ortho intramolecular Hbond substituents is 1. The van der Waals surface area contributed by atoms with Gasteiger partial charge in [-0.05, 0) is 49.4 Å². The molecule has 3 atom stereocenters. The summed E-state index contributed by atoms with van der Waals surface area (Å²) in [5, 5.41) is 9.94. The summed E-state index contributed by atoms with van der Waals surface area (Å²) < 4.78 is 11.5. The third-order valence-corrected chi connectivity index (χ3v) is 5.72. The molecule has 3 aliphatic rings. The standard InChI is InChI=1S/C18H23NO4/c1-2-22-17(21)19-11-23-18-8-4-3-5-14(18)16(19)9-12-6-7-13(20)10-15(12)18/h6-7,10,14,16,20H,2-5,8-9,11H2,1H3/t14-,16+,18+/m1/s1. The van der Waals surface area contributed by atoms with E-state index in [1.165, 1.54) is 5.56 Å². The zero-order valence-corrected chi connectivity index (χ0v) is 13.5. The molecule has 1 aromatic rings. The van der Waals surface area contributed by atoms with Crippen molar-refractivity contribution in [3.63, 3.8) is 0 Å². The second-order valence-corrected chi connectivity index (χ2v) is 6.80. The van der Waals surface area contributed by atoms with E-state index < -0.39 is 0 Å². The van der Waals surface area contributed by atoms with Gasteiger partial charge in [-0.3, -0.25) is 4.90 Å². The van der Waals surface area contributed by atoms with Crippen LogP contribution in [0.1, 0.15) is 43.7 Å². The highest BCUT2D eigenvalue weighted by molar-refractivity contribution is 5.68. The van der Waals surface area contributed by atoms with E-state index in [2.05, 4.69) is 0 Å². The minimum atomic E-state index is -0.349. The van der Waals surface area contributed by atoms with Gasteiger partial charge in [0.25, 0.3) is 0 Å². The van der Waals surface area contributed by atoms with Gasteiger partial charge in [0.2, 0.25) is 0 Å². The Hall–Kier alpha value is -1.75. The van der Waals surface area contributed by atoms with Gasteiger partial charge in [-0.15, -0.1) is 0 Å². The third-order valence-electron chi connectivity index (χ3n) is 5.72. The maximum absolute atomic E-state index is 12.3. The summed E-state index contributed by atoms with van der Waals surface area (Å²) in [7, 11) is 0. The Kier molecular flexibility index (Phi) is 3.48. The van der Waals surface area contributed by atoms with E-state index in [1.807, 2.05) is 19.1 Å². The van der Waals surface area contributed by atoms with E-state index in [0.717, 1.165) is 37.7 Å². The van der Waals surface area contributed by atoms with Crippen LogP contribution in [0.5, 0.6) is 5.75 Å². The minimum Gasteiger partial charge on any atom is -0.508 e. The van der Waals surface area contributed by atoms with Crippen molar-refractivity contribution in [1.82, 2.24) is 4.90 Å². The molecule has 5 nitrogen and oxygen atoms in total. The molecule has 2 fully saturated rings. The average molecular weight is 317 g/mol. The number of carbonyl (C=O) groups excluding carboxylic acids is 1. The Balaban J connectivity index is 1.78. The molecule has 0 unspecified atom stereocenters. The lowest BCUT2D eigenvalue weighted by Gasteiger charge is -2.57. The van der Waals surface area contributed by atoms with Crippen LogP contribution in [-0.2, 0) is 21.5 Å². The van der Waals surface area contributed by atoms with Crippen LogP contribution in [0.15, 0.2) is 18.2 Å². The molecule has 4 rings (SSSR count). The Bertz CT molecular complexity index is 631. The zero-order valence-electron chi connectivity index (χ0n) is 13.5. The summed E-state index contributed by atoms with van der Waals surface area (Å²) in [6.45, 7) is 2.48. The lowest BCUT2D eigenvalue weighted by Crippen LogP contribution is -2.63. The van der Waals surface area contributed by atoms with E-state index >= 15 is 0 Å². The first-order valence-electron chi connectivity index (χ1n) is 8.55. The van der Waals surface area contributed by atoms with Crippen molar-refractivity contribution in [2.24, 2.45) is 5.92 Å². The molecule has 0 radical (unpaired) electrons. The topological polar surface area (TPSA) is 59.0 Å². The molecular weight excluding hydrogens is 294 g/mol. The molecule has 1 heterocycles. The molecule has 1 aromatic carbocycles. The fourth-order valence-corrected chi connectivity index (χ4v) is 4.77. The molecule has 5 heteroatoms. The van der Waals surface area contributed by atoms with Crippen molar-refractivity contribution >= 4 is 6.09 Å². The Morgan fingerprint density at radius 1 is 1.48 bits per heavy atom. The first-order chi connectivity index (χ1) is 11.2. The van der Waals surface area contributed by atoms with Gasteiger partial charge in [0.05, 0.1) is 6.61 Å². The molecule has 1 aliphatic heterocycles. The van der Waals surface area contributed by atoms with Crippen molar-refractivity contribution in [3.8, 4) is 5.75 Å². The van der Waals surface area contributed by atoms with Gasteiger partial charge in [-0.25, -0.2) is 4.79 Å². The highest BCUT2D eigenvalue weighted by atomic mass is 16.6. The van der Waals surface area contributed by atoms with Gasteiger partial charge >= 0.3 is 6.09 Å². The van der Waals surface area contributed by atoms with Crippen LogP contribution < -0.4 is 0 Å². The molecule has 1 amide bonds. The number of rotatable bonds is 1. The molecule has 1 saturated carbocycles. The van der Waals surface area contributed by atoms with Gasteiger partial charge in [0.15, 0.2) is 0 Å². The Labute approximate surface area is 136 Å². The molecule has 2 aliphatic carbocycles. The summed E-state index contributed by atoms with van der Waals surface area (Å²) in [6.07, 6.45) is 4.83. The summed E-state index contributed by atoms with van der Waals surface area (Å²) in [4.78, 5) is 14.1. The Morgan fingerprint density at radius 2 is 2.35 bits per heavy atom. The number of carbonyl (C=O) groups is 1. The molecule has 0 aromatic heterocycles. The van der Waals surface area contributed by atoms with Crippen LogP contribution >= 0.6 is 0 Å². The van der Waals surface area contributed by atoms with Crippen LogP contribution in [0, 0.1) is 5.92 Å². The lowest BCUT2D eigenvalue weighted by molar-refractivity contribution is -0.215. The maximum Gasteiger partial charge on any atom is 0.411 e. The number of nitrogens with zero attached hydrogens (tertiary/aromatic N) is 1. The van der Waals surface area contributed by atoms with Crippen molar-refractivity contribution < 1.29 is 19.4 Å². The predicted molar refractivity (Wildman–Crippen MR) is 84.0 cm³/mol. The molecule has 2 bridgehead atoms. The van der Waals surface area contributed by atoms with Crippen LogP contribution in [0.4, 0.5) is 4.79 Å². The average Bonchev–Trinajstić information content (AvgIpc) is 2.56. The second kappa shape index (κ2) is 5.41. The minimum absolute atomic E-state index is 0.125. The number of phenols is 1. The van der Waals surface area contributed by atoms with E-state index in [9.17, 15) is 9.90 Å². The maximum atomic E-state index is 12.3. The third kappa shape index (κ3) is 2.13. The number of hydrogen-bond donors (Lipinski definition) is 1. The van der Waals surface area contributed by atoms with Gasteiger partial charge in [0, 0.05) is 12.0 Å². The monoisotopic (exact) mass is 317 g/mol. The molecule has 0 spiro atoms. The SMILES string of the molecule is CCOC(=O)N1CO[C@@]23CCCC[C@@H]2[C@@H]1Cc1ccc(O)cc13. The van der Waals surface area contributed by atoms with E-state index in [0.29, 0.717) is 6.61 Å². The molecular formula is C18H23NO4. The molecule has 23 heavy (non-hydrogen) atoms. The lowest BCUT2D eigenvalue weighted by atomic mass is 9.61. The highest BCUT2D eigenvalue weighted by Gasteiger charge is 2.56. The van der Waals surface area contributed by atoms with Gasteiger partial charge < -0.3 is 14.6 Å². The van der Waals surface area contributed by atoms with Crippen LogP contribution in [0.3, 0.4) is 0 Å². The molecule has 1 saturated heterocycles. The summed E-state index contributed by atoms with van der Waals surface area (Å²) in [5.41, 5.74) is 1.96. The Morgan fingerprint density at radius 3 is 3.17 bits per heavy atom. The number of ether oxygens (including phenoxy) is 2. The molecule has 1 N–H and O–H groups in total. The largest absolute Gasteiger partial charge is 0.508 e. The second-order valence-electron chi connectivity index (χ2n) is 6.80. The van der Waals surface area contributed by atoms with Crippen molar-refractivity contribution in [2.75, 3.05) is 13.3 Å². The number of hydrogen-bond acceptors (Lipinski definition) is 4. The fraction of sp³-hybridized carbons (Fsp3) is 0.611. The summed E-state index contributed by atoms with van der Waals surface area (Å²) >= 11 is 0. The quantitative estimate of drug-likeness (QED) is 0.864. The normalized spacial score (nSPS) is 32.0. The number of aromatic hydroxyl groups is 1. The van der Waals surface area contributed by atoms with E-state index in [-0.39, 0.29) is 36.1 Å². The highest BCUT2D eigenvalue weighted by Crippen LogP contribution is 2.54. The van der Waals surface area contributed by atoms with Crippen LogP contribution in [-0.4, -0.2) is 35.5 Å². The van der Waals surface area contributed by atoms with Gasteiger partial charge in [-0.1, -0.05) is 18.9 Å². The zero-order chi connectivity index (χ0) is 16.0.